The zero-order valence-corrected chi connectivity index (χ0v) is 13.2. The van der Waals surface area contributed by atoms with Gasteiger partial charge in [0.1, 0.15) is 12.8 Å². The van der Waals surface area contributed by atoms with Crippen molar-refractivity contribution in [3.05, 3.63) is 22.1 Å². The van der Waals surface area contributed by atoms with E-state index in [2.05, 4.69) is 22.5 Å². The van der Waals surface area contributed by atoms with Crippen LogP contribution >= 0.6 is 12.2 Å². The van der Waals surface area contributed by atoms with Crippen molar-refractivity contribution < 1.29 is 24.0 Å². The fraction of sp³-hybridized carbons (Fsp3) is 0.455. The molecule has 0 saturated carbocycles. The van der Waals surface area contributed by atoms with Crippen molar-refractivity contribution in [2.75, 3.05) is 13.2 Å². The first-order chi connectivity index (χ1) is 10.8. The second-order valence-electron chi connectivity index (χ2n) is 4.12. The lowest BCUT2D eigenvalue weighted by Gasteiger charge is -2.15. The van der Waals surface area contributed by atoms with E-state index >= 15 is 0 Å². The fourth-order valence-electron chi connectivity index (χ4n) is 1.66. The Morgan fingerprint density at radius 3 is 2.78 bits per heavy atom. The Balaban J connectivity index is 3.04. The van der Waals surface area contributed by atoms with Gasteiger partial charge in [0.05, 0.1) is 6.61 Å². The van der Waals surface area contributed by atoms with Crippen LogP contribution in [0.1, 0.15) is 19.0 Å². The summed E-state index contributed by atoms with van der Waals surface area (Å²) in [6, 6.07) is 0. The molecule has 0 spiro atoms. The first-order valence-electron chi connectivity index (χ1n) is 6.33. The summed E-state index contributed by atoms with van der Waals surface area (Å²) in [6.07, 6.45) is -0.574. The molecule has 1 amide bonds. The average Bonchev–Trinajstić information content (AvgIpc) is 2.81. The number of esters is 1. The minimum Gasteiger partial charge on any atom is -0.461 e. The van der Waals surface area contributed by atoms with Crippen molar-refractivity contribution in [1.82, 2.24) is 14.9 Å². The van der Waals surface area contributed by atoms with Crippen molar-refractivity contribution >= 4 is 35.0 Å². The molecule has 1 aromatic rings. The third-order valence-corrected chi connectivity index (χ3v) is 2.61. The Kier molecular flexibility index (Phi) is 6.53. The monoisotopic (exact) mass is 345 g/mol. The molecule has 0 aliphatic carbocycles. The molecule has 0 saturated heterocycles. The van der Waals surface area contributed by atoms with Gasteiger partial charge in [-0.05, 0) is 24.1 Å². The van der Waals surface area contributed by atoms with Gasteiger partial charge in [-0.1, -0.05) is 0 Å². The molecule has 1 atom stereocenters. The third kappa shape index (κ3) is 4.96. The van der Waals surface area contributed by atoms with Crippen LogP contribution < -0.4 is 11.1 Å². The van der Waals surface area contributed by atoms with Gasteiger partial charge in [-0.25, -0.2) is 9.78 Å². The highest BCUT2D eigenvalue weighted by atomic mass is 32.1. The van der Waals surface area contributed by atoms with Crippen LogP contribution in [0.15, 0.2) is 6.20 Å². The Morgan fingerprint density at radius 1 is 1.61 bits per heavy atom. The molecule has 1 unspecified atom stereocenters. The lowest BCUT2D eigenvalue weighted by molar-refractivity contribution is -0.393. The predicted octanol–water partition coefficient (Wildman–Crippen LogP) is -0.462. The van der Waals surface area contributed by atoms with Gasteiger partial charge in [0, 0.05) is 6.92 Å². The van der Waals surface area contributed by atoms with Gasteiger partial charge in [0.15, 0.2) is 10.9 Å². The quantitative estimate of drug-likeness (QED) is 0.289. The van der Waals surface area contributed by atoms with Crippen molar-refractivity contribution in [2.45, 2.75) is 20.1 Å². The van der Waals surface area contributed by atoms with Crippen LogP contribution in [0, 0.1) is 17.0 Å². The summed E-state index contributed by atoms with van der Waals surface area (Å²) in [7, 11) is 0. The number of hydrogen-bond donors (Lipinski definition) is 2. The van der Waals surface area contributed by atoms with E-state index in [1.54, 1.807) is 6.92 Å². The summed E-state index contributed by atoms with van der Waals surface area (Å²) < 4.78 is 10.9. The van der Waals surface area contributed by atoms with E-state index in [0.29, 0.717) is 0 Å². The molecule has 0 aromatic carbocycles. The Morgan fingerprint density at radius 2 is 2.26 bits per heavy atom. The summed E-state index contributed by atoms with van der Waals surface area (Å²) in [5.41, 5.74) is 5.14. The number of aryl methyl sites for hydroxylation is 1. The molecule has 12 heteroatoms. The predicted molar refractivity (Wildman–Crippen MR) is 80.2 cm³/mol. The number of nitrogens with zero attached hydrogens (tertiary/aromatic N) is 3. The number of ether oxygens (including phenoxy) is 2. The zero-order valence-electron chi connectivity index (χ0n) is 12.3. The number of nitrogens with one attached hydrogen (secondary N) is 1. The van der Waals surface area contributed by atoms with E-state index < -0.39 is 35.5 Å². The number of carbonyl (C=O) groups is 2. The van der Waals surface area contributed by atoms with Gasteiger partial charge in [-0.15, -0.1) is 0 Å². The van der Waals surface area contributed by atoms with E-state index in [9.17, 15) is 19.7 Å². The molecule has 0 aliphatic heterocycles. The number of amides is 1. The fourth-order valence-corrected chi connectivity index (χ4v) is 1.77. The van der Waals surface area contributed by atoms with E-state index in [1.165, 1.54) is 6.92 Å². The maximum atomic E-state index is 12.0. The standard InChI is InChI=1S/C11H15N5O6S/c1-3-21-10(18)9(22-5-7(17)14-11(12)23)15-6(2)13-4-8(15)16(19)20/h4,9H,3,5H2,1-2H3,(H3,12,14,17,23). The second-order valence-corrected chi connectivity index (χ2v) is 4.56. The highest BCUT2D eigenvalue weighted by molar-refractivity contribution is 7.80. The highest BCUT2D eigenvalue weighted by Gasteiger charge is 2.34. The molecule has 1 rings (SSSR count). The third-order valence-electron chi connectivity index (χ3n) is 2.51. The molecule has 1 heterocycles. The molecular formula is C11H15N5O6S. The Hall–Kier alpha value is -2.60. The van der Waals surface area contributed by atoms with Gasteiger partial charge in [0.2, 0.25) is 0 Å². The lowest BCUT2D eigenvalue weighted by Crippen LogP contribution is -2.38. The van der Waals surface area contributed by atoms with Crippen molar-refractivity contribution in [3.63, 3.8) is 0 Å². The number of rotatable bonds is 7. The van der Waals surface area contributed by atoms with Crippen LogP contribution in [0.2, 0.25) is 0 Å². The molecule has 1 aromatic heterocycles. The summed E-state index contributed by atoms with van der Waals surface area (Å²) in [5.74, 6) is -1.95. The summed E-state index contributed by atoms with van der Waals surface area (Å²) >= 11 is 4.49. The molecule has 0 aliphatic rings. The average molecular weight is 345 g/mol. The van der Waals surface area contributed by atoms with Crippen molar-refractivity contribution in [2.24, 2.45) is 5.73 Å². The SMILES string of the molecule is CCOC(=O)C(OCC(=O)NC(N)=S)n1c([N+](=O)[O-])cnc1C. The smallest absolute Gasteiger partial charge is 0.381 e. The number of carbonyl (C=O) groups excluding carboxylic acids is 2. The van der Waals surface area contributed by atoms with Gasteiger partial charge in [-0.3, -0.25) is 4.79 Å². The van der Waals surface area contributed by atoms with Crippen LogP contribution in [-0.4, -0.2) is 44.7 Å². The molecular weight excluding hydrogens is 330 g/mol. The van der Waals surface area contributed by atoms with Crippen LogP contribution in [0.4, 0.5) is 5.82 Å². The van der Waals surface area contributed by atoms with Gasteiger partial charge in [0.25, 0.3) is 5.91 Å². The van der Waals surface area contributed by atoms with Crippen LogP contribution in [0.5, 0.6) is 0 Å². The second kappa shape index (κ2) is 8.14. The molecule has 0 bridgehead atoms. The van der Waals surface area contributed by atoms with Crippen LogP contribution in [0.3, 0.4) is 0 Å². The van der Waals surface area contributed by atoms with E-state index in [4.69, 9.17) is 15.2 Å². The molecule has 126 valence electrons. The maximum Gasteiger partial charge on any atom is 0.381 e. The van der Waals surface area contributed by atoms with E-state index in [1.807, 2.05) is 0 Å². The summed E-state index contributed by atoms with van der Waals surface area (Å²) in [6.45, 7) is 2.41. The largest absolute Gasteiger partial charge is 0.461 e. The minimum atomic E-state index is -1.55. The van der Waals surface area contributed by atoms with E-state index in [0.717, 1.165) is 10.8 Å². The van der Waals surface area contributed by atoms with Crippen molar-refractivity contribution in [1.29, 1.82) is 0 Å². The number of aromatic nitrogens is 2. The number of nitro groups is 1. The Labute approximate surface area is 135 Å². The maximum absolute atomic E-state index is 12.0. The zero-order chi connectivity index (χ0) is 17.6. The first kappa shape index (κ1) is 18.4. The molecule has 0 radical (unpaired) electrons. The number of thiocarbonyl (C=S) groups is 1. The summed E-state index contributed by atoms with van der Waals surface area (Å²) in [4.78, 5) is 37.6. The van der Waals surface area contributed by atoms with Gasteiger partial charge < -0.3 is 30.6 Å². The first-order valence-corrected chi connectivity index (χ1v) is 6.74. The molecule has 11 nitrogen and oxygen atoms in total. The molecule has 3 N–H and O–H groups in total. The minimum absolute atomic E-state index is 0.0271. The van der Waals surface area contributed by atoms with Crippen LogP contribution in [0.25, 0.3) is 0 Å². The van der Waals surface area contributed by atoms with Crippen molar-refractivity contribution in [3.8, 4) is 0 Å². The molecule has 23 heavy (non-hydrogen) atoms. The number of hydrogen-bond acceptors (Lipinski definition) is 8. The highest BCUT2D eigenvalue weighted by Crippen LogP contribution is 2.22. The van der Waals surface area contributed by atoms with Crippen LogP contribution in [-0.2, 0) is 19.1 Å². The van der Waals surface area contributed by atoms with Gasteiger partial charge in [-0.2, -0.15) is 4.57 Å². The molecule has 0 fully saturated rings. The topological polar surface area (TPSA) is 152 Å². The summed E-state index contributed by atoms with van der Waals surface area (Å²) in [5, 5.41) is 12.9. The Bertz CT molecular complexity index is 630. The number of nitrogens with two attached hydrogens (primary N) is 1. The number of imidazole rings is 1. The normalized spacial score (nSPS) is 11.6. The van der Waals surface area contributed by atoms with E-state index in [-0.39, 0.29) is 17.5 Å². The van der Waals surface area contributed by atoms with Gasteiger partial charge >= 0.3 is 18.0 Å². The lowest BCUT2D eigenvalue weighted by atomic mass is 10.5.